The van der Waals surface area contributed by atoms with Crippen LogP contribution in [-0.4, -0.2) is 21.5 Å². The van der Waals surface area contributed by atoms with Gasteiger partial charge in [-0.25, -0.2) is 4.39 Å². The van der Waals surface area contributed by atoms with Gasteiger partial charge >= 0.3 is 0 Å². The predicted octanol–water partition coefficient (Wildman–Crippen LogP) is 2.40. The molecular weight excluding hydrogens is 241 g/mol. The first kappa shape index (κ1) is 12.8. The Kier molecular flexibility index (Phi) is 3.46. The van der Waals surface area contributed by atoms with Gasteiger partial charge in [-0.1, -0.05) is 18.5 Å². The van der Waals surface area contributed by atoms with Crippen molar-refractivity contribution in [2.75, 3.05) is 0 Å². The topological polar surface area (TPSA) is 43.8 Å². The quantitative estimate of drug-likeness (QED) is 0.906. The summed E-state index contributed by atoms with van der Waals surface area (Å²) in [6, 6.07) is -0.0161. The Morgan fingerprint density at radius 3 is 2.82 bits per heavy atom. The van der Waals surface area contributed by atoms with Crippen LogP contribution in [0.5, 0.6) is 0 Å². The number of hydrogen-bond donors (Lipinski definition) is 1. The maximum atomic E-state index is 14.5. The SMILES string of the molecule is CCc1nn(C)c(CC2(F)CCC(N)C2)c1Cl. The highest BCUT2D eigenvalue weighted by Crippen LogP contribution is 2.37. The highest BCUT2D eigenvalue weighted by Gasteiger charge is 2.39. The standard InChI is InChI=1S/C12H19ClFN3/c1-3-9-11(13)10(17(2)16-9)7-12(14)5-4-8(15)6-12/h8H,3-7,15H2,1-2H3. The van der Waals surface area contributed by atoms with Crippen LogP contribution in [0.2, 0.25) is 5.02 Å². The molecule has 2 atom stereocenters. The number of halogens is 2. The Morgan fingerprint density at radius 1 is 1.65 bits per heavy atom. The van der Waals surface area contributed by atoms with E-state index in [1.807, 2.05) is 14.0 Å². The average Bonchev–Trinajstić information content (AvgIpc) is 2.73. The highest BCUT2D eigenvalue weighted by atomic mass is 35.5. The largest absolute Gasteiger partial charge is 0.328 e. The van der Waals surface area contributed by atoms with Gasteiger partial charge in [-0.15, -0.1) is 0 Å². The third-order valence-electron chi connectivity index (χ3n) is 3.58. The predicted molar refractivity (Wildman–Crippen MR) is 67.0 cm³/mol. The van der Waals surface area contributed by atoms with E-state index >= 15 is 0 Å². The molecule has 1 heterocycles. The van der Waals surface area contributed by atoms with E-state index in [-0.39, 0.29) is 6.04 Å². The van der Waals surface area contributed by atoms with E-state index in [0.717, 1.165) is 24.2 Å². The second-order valence-electron chi connectivity index (χ2n) is 5.02. The third kappa shape index (κ3) is 2.47. The lowest BCUT2D eigenvalue weighted by atomic mass is 9.97. The van der Waals surface area contributed by atoms with E-state index in [1.165, 1.54) is 0 Å². The fourth-order valence-corrected chi connectivity index (χ4v) is 2.95. The summed E-state index contributed by atoms with van der Waals surface area (Å²) in [5.74, 6) is 0. The molecule has 17 heavy (non-hydrogen) atoms. The van der Waals surface area contributed by atoms with E-state index in [9.17, 15) is 4.39 Å². The van der Waals surface area contributed by atoms with Gasteiger partial charge in [-0.3, -0.25) is 4.68 Å². The van der Waals surface area contributed by atoms with Gasteiger partial charge < -0.3 is 5.73 Å². The molecule has 0 aliphatic heterocycles. The molecule has 5 heteroatoms. The molecule has 1 aliphatic carbocycles. The summed E-state index contributed by atoms with van der Waals surface area (Å²) < 4.78 is 16.2. The number of hydrogen-bond acceptors (Lipinski definition) is 2. The van der Waals surface area contributed by atoms with Crippen molar-refractivity contribution in [3.8, 4) is 0 Å². The lowest BCUT2D eigenvalue weighted by molar-refractivity contribution is 0.167. The van der Waals surface area contributed by atoms with Gasteiger partial charge in [0.1, 0.15) is 5.67 Å². The lowest BCUT2D eigenvalue weighted by Crippen LogP contribution is -2.26. The second kappa shape index (κ2) is 4.58. The van der Waals surface area contributed by atoms with Gasteiger partial charge in [0.05, 0.1) is 16.4 Å². The normalized spacial score (nSPS) is 28.9. The molecule has 1 aromatic rings. The number of rotatable bonds is 3. The minimum absolute atomic E-state index is 0.0161. The molecule has 0 spiro atoms. The third-order valence-corrected chi connectivity index (χ3v) is 4.01. The summed E-state index contributed by atoms with van der Waals surface area (Å²) in [5, 5.41) is 4.93. The highest BCUT2D eigenvalue weighted by molar-refractivity contribution is 6.31. The van der Waals surface area contributed by atoms with Crippen molar-refractivity contribution in [3.05, 3.63) is 16.4 Å². The fraction of sp³-hybridized carbons (Fsp3) is 0.750. The minimum atomic E-state index is -1.21. The molecule has 0 radical (unpaired) electrons. The summed E-state index contributed by atoms with van der Waals surface area (Å²) in [6.07, 6.45) is 2.80. The number of aryl methyl sites for hydroxylation is 2. The second-order valence-corrected chi connectivity index (χ2v) is 5.39. The van der Waals surface area contributed by atoms with Crippen molar-refractivity contribution in [1.29, 1.82) is 0 Å². The minimum Gasteiger partial charge on any atom is -0.328 e. The van der Waals surface area contributed by atoms with Crippen molar-refractivity contribution in [1.82, 2.24) is 9.78 Å². The van der Waals surface area contributed by atoms with Crippen LogP contribution in [0.3, 0.4) is 0 Å². The molecule has 1 fully saturated rings. The Balaban J connectivity index is 2.21. The van der Waals surface area contributed by atoms with E-state index in [0.29, 0.717) is 24.3 Å². The van der Waals surface area contributed by atoms with Gasteiger partial charge in [-0.05, 0) is 25.7 Å². The Morgan fingerprint density at radius 2 is 2.35 bits per heavy atom. The van der Waals surface area contributed by atoms with Gasteiger partial charge in [-0.2, -0.15) is 5.10 Å². The summed E-state index contributed by atoms with van der Waals surface area (Å²) >= 11 is 6.23. The molecule has 0 amide bonds. The van der Waals surface area contributed by atoms with Gasteiger partial charge in [0.15, 0.2) is 0 Å². The molecule has 0 bridgehead atoms. The molecule has 2 rings (SSSR count). The van der Waals surface area contributed by atoms with E-state index in [4.69, 9.17) is 17.3 Å². The molecule has 0 saturated heterocycles. The zero-order valence-corrected chi connectivity index (χ0v) is 11.1. The molecule has 1 aliphatic rings. The smallest absolute Gasteiger partial charge is 0.118 e. The first-order chi connectivity index (χ1) is 7.95. The summed E-state index contributed by atoms with van der Waals surface area (Å²) in [5.41, 5.74) is 6.20. The first-order valence-electron chi connectivity index (χ1n) is 6.10. The van der Waals surface area contributed by atoms with Crippen LogP contribution in [0.15, 0.2) is 0 Å². The number of nitrogens with zero attached hydrogens (tertiary/aromatic N) is 2. The summed E-state index contributed by atoms with van der Waals surface area (Å²) in [7, 11) is 1.82. The monoisotopic (exact) mass is 259 g/mol. The maximum absolute atomic E-state index is 14.5. The zero-order valence-electron chi connectivity index (χ0n) is 10.3. The molecule has 1 aromatic heterocycles. The molecule has 2 unspecified atom stereocenters. The van der Waals surface area contributed by atoms with Gasteiger partial charge in [0, 0.05) is 19.5 Å². The van der Waals surface area contributed by atoms with Crippen molar-refractivity contribution in [3.63, 3.8) is 0 Å². The van der Waals surface area contributed by atoms with Crippen LogP contribution in [0.4, 0.5) is 4.39 Å². The van der Waals surface area contributed by atoms with Crippen LogP contribution >= 0.6 is 11.6 Å². The van der Waals surface area contributed by atoms with Crippen LogP contribution in [-0.2, 0) is 19.9 Å². The van der Waals surface area contributed by atoms with Crippen LogP contribution in [0.25, 0.3) is 0 Å². The van der Waals surface area contributed by atoms with Crippen molar-refractivity contribution >= 4 is 11.6 Å². The molecule has 96 valence electrons. The number of alkyl halides is 1. The molecule has 1 saturated carbocycles. The molecule has 0 aromatic carbocycles. The first-order valence-corrected chi connectivity index (χ1v) is 6.48. The van der Waals surface area contributed by atoms with Crippen molar-refractivity contribution in [2.24, 2.45) is 12.8 Å². The Hall–Kier alpha value is -0.610. The Bertz CT molecular complexity index is 418. The molecule has 3 nitrogen and oxygen atoms in total. The van der Waals surface area contributed by atoms with Crippen LogP contribution in [0.1, 0.15) is 37.6 Å². The number of aromatic nitrogens is 2. The van der Waals surface area contributed by atoms with Crippen molar-refractivity contribution in [2.45, 2.75) is 50.7 Å². The fourth-order valence-electron chi connectivity index (χ4n) is 2.59. The van der Waals surface area contributed by atoms with Gasteiger partial charge in [0.25, 0.3) is 0 Å². The summed E-state index contributed by atoms with van der Waals surface area (Å²) in [4.78, 5) is 0. The average molecular weight is 260 g/mol. The Labute approximate surface area is 106 Å². The van der Waals surface area contributed by atoms with E-state index < -0.39 is 5.67 Å². The van der Waals surface area contributed by atoms with Crippen LogP contribution in [0, 0.1) is 0 Å². The van der Waals surface area contributed by atoms with Gasteiger partial charge in [0.2, 0.25) is 0 Å². The molecular formula is C12H19ClFN3. The van der Waals surface area contributed by atoms with E-state index in [2.05, 4.69) is 5.10 Å². The number of nitrogens with two attached hydrogens (primary N) is 1. The molecule has 2 N–H and O–H groups in total. The maximum Gasteiger partial charge on any atom is 0.118 e. The summed E-state index contributed by atoms with van der Waals surface area (Å²) in [6.45, 7) is 1.99. The van der Waals surface area contributed by atoms with E-state index in [1.54, 1.807) is 4.68 Å². The van der Waals surface area contributed by atoms with Crippen LogP contribution < -0.4 is 5.73 Å². The lowest BCUT2D eigenvalue weighted by Gasteiger charge is -2.19. The van der Waals surface area contributed by atoms with Crippen molar-refractivity contribution < 1.29 is 4.39 Å². The zero-order chi connectivity index (χ0) is 12.6.